The van der Waals surface area contributed by atoms with Crippen molar-refractivity contribution in [2.75, 3.05) is 6.54 Å². The standard InChI is InChI=1S/C22H23NO6/c1-12-7-17-14(9-19(24)29-18(17)8-13(12)2)11-28-20(25)10-23-21(26)15-5-3-4-6-16(15)22(23)27/h7-9,15-16H,3-6,10-11H2,1-2H3/t15-,16+. The first-order valence-corrected chi connectivity index (χ1v) is 9.90. The SMILES string of the molecule is Cc1cc2oc(=O)cc(COC(=O)CN3C(=O)[C@H]4CCCC[C@H]4C3=O)c2cc1C. The zero-order chi connectivity index (χ0) is 20.7. The molecule has 7 heteroatoms. The molecule has 2 amide bonds. The molecule has 1 saturated heterocycles. The zero-order valence-electron chi connectivity index (χ0n) is 16.5. The Labute approximate surface area is 167 Å². The highest BCUT2D eigenvalue weighted by Gasteiger charge is 2.48. The number of hydrogen-bond donors (Lipinski definition) is 0. The van der Waals surface area contributed by atoms with Crippen molar-refractivity contribution in [1.29, 1.82) is 0 Å². The van der Waals surface area contributed by atoms with Gasteiger partial charge in [0.1, 0.15) is 18.7 Å². The minimum absolute atomic E-state index is 0.132. The number of amides is 2. The molecule has 1 aliphatic heterocycles. The molecule has 0 radical (unpaired) electrons. The lowest BCUT2D eigenvalue weighted by atomic mass is 9.81. The van der Waals surface area contributed by atoms with Gasteiger partial charge in [0.2, 0.25) is 11.8 Å². The van der Waals surface area contributed by atoms with Crippen LogP contribution in [0.15, 0.2) is 27.4 Å². The van der Waals surface area contributed by atoms with Crippen molar-refractivity contribution >= 4 is 28.8 Å². The van der Waals surface area contributed by atoms with Gasteiger partial charge in [-0.15, -0.1) is 0 Å². The predicted octanol–water partition coefficient (Wildman–Crippen LogP) is 2.63. The second-order valence-corrected chi connectivity index (χ2v) is 7.94. The van der Waals surface area contributed by atoms with E-state index in [4.69, 9.17) is 9.15 Å². The van der Waals surface area contributed by atoms with E-state index in [1.165, 1.54) is 6.07 Å². The van der Waals surface area contributed by atoms with Gasteiger partial charge in [0, 0.05) is 17.0 Å². The van der Waals surface area contributed by atoms with Crippen LogP contribution in [0, 0.1) is 25.7 Å². The molecule has 2 fully saturated rings. The van der Waals surface area contributed by atoms with Crippen LogP contribution in [0.3, 0.4) is 0 Å². The van der Waals surface area contributed by atoms with Crippen LogP contribution >= 0.6 is 0 Å². The summed E-state index contributed by atoms with van der Waals surface area (Å²) in [7, 11) is 0. The highest BCUT2D eigenvalue weighted by Crippen LogP contribution is 2.37. The molecule has 7 nitrogen and oxygen atoms in total. The quantitative estimate of drug-likeness (QED) is 0.447. The number of likely N-dealkylation sites (tertiary alicyclic amines) is 1. The Balaban J connectivity index is 1.48. The van der Waals surface area contributed by atoms with Gasteiger partial charge in [-0.25, -0.2) is 4.79 Å². The smallest absolute Gasteiger partial charge is 0.336 e. The second-order valence-electron chi connectivity index (χ2n) is 7.94. The monoisotopic (exact) mass is 397 g/mol. The number of nitrogens with zero attached hydrogens (tertiary/aromatic N) is 1. The third kappa shape index (κ3) is 3.57. The van der Waals surface area contributed by atoms with E-state index < -0.39 is 11.6 Å². The minimum Gasteiger partial charge on any atom is -0.459 e. The van der Waals surface area contributed by atoms with E-state index in [-0.39, 0.29) is 36.8 Å². The largest absolute Gasteiger partial charge is 0.459 e. The van der Waals surface area contributed by atoms with E-state index >= 15 is 0 Å². The van der Waals surface area contributed by atoms with Gasteiger partial charge in [0.25, 0.3) is 0 Å². The molecule has 29 heavy (non-hydrogen) atoms. The third-order valence-corrected chi connectivity index (χ3v) is 6.05. The first kappa shape index (κ1) is 19.4. The van der Waals surface area contributed by atoms with Crippen molar-refractivity contribution < 1.29 is 23.5 Å². The van der Waals surface area contributed by atoms with Gasteiger partial charge in [-0.2, -0.15) is 0 Å². The lowest BCUT2D eigenvalue weighted by Gasteiger charge is -2.19. The van der Waals surface area contributed by atoms with Crippen molar-refractivity contribution in [1.82, 2.24) is 4.90 Å². The Hall–Kier alpha value is -2.96. The molecule has 4 rings (SSSR count). The first-order chi connectivity index (χ1) is 13.8. The van der Waals surface area contributed by atoms with Gasteiger partial charge >= 0.3 is 11.6 Å². The summed E-state index contributed by atoms with van der Waals surface area (Å²) in [5.41, 5.74) is 2.44. The maximum atomic E-state index is 12.5. The van der Waals surface area contributed by atoms with E-state index in [1.54, 1.807) is 6.07 Å². The van der Waals surface area contributed by atoms with Crippen LogP contribution in [0.2, 0.25) is 0 Å². The lowest BCUT2D eigenvalue weighted by Crippen LogP contribution is -2.36. The molecule has 2 aromatic rings. The number of aryl methyl sites for hydroxylation is 2. The van der Waals surface area contributed by atoms with Crippen LogP contribution < -0.4 is 5.63 Å². The minimum atomic E-state index is -0.671. The summed E-state index contributed by atoms with van der Waals surface area (Å²) in [5.74, 6) is -1.80. The summed E-state index contributed by atoms with van der Waals surface area (Å²) in [5, 5.41) is 0.694. The van der Waals surface area contributed by atoms with Crippen LogP contribution in [0.25, 0.3) is 11.0 Å². The Kier molecular flexibility index (Phi) is 4.98. The van der Waals surface area contributed by atoms with Gasteiger partial charge in [-0.05, 0) is 49.9 Å². The van der Waals surface area contributed by atoms with Crippen molar-refractivity contribution in [3.05, 3.63) is 45.3 Å². The summed E-state index contributed by atoms with van der Waals surface area (Å²) >= 11 is 0. The Bertz CT molecular complexity index is 1040. The Morgan fingerprint density at radius 1 is 1.03 bits per heavy atom. The molecule has 2 heterocycles. The topological polar surface area (TPSA) is 93.9 Å². The maximum absolute atomic E-state index is 12.5. The molecule has 2 aliphatic rings. The van der Waals surface area contributed by atoms with Gasteiger partial charge in [0.15, 0.2) is 0 Å². The molecule has 1 aliphatic carbocycles. The van der Waals surface area contributed by atoms with Crippen LogP contribution in [-0.4, -0.2) is 29.2 Å². The third-order valence-electron chi connectivity index (χ3n) is 6.05. The number of carbonyl (C=O) groups excluding carboxylic acids is 3. The number of rotatable bonds is 4. The van der Waals surface area contributed by atoms with E-state index in [0.29, 0.717) is 29.4 Å². The van der Waals surface area contributed by atoms with E-state index in [0.717, 1.165) is 28.9 Å². The molecular weight excluding hydrogens is 374 g/mol. The van der Waals surface area contributed by atoms with Crippen molar-refractivity contribution in [3.8, 4) is 0 Å². The zero-order valence-corrected chi connectivity index (χ0v) is 16.5. The summed E-state index contributed by atoms with van der Waals surface area (Å²) in [4.78, 5) is 50.2. The highest BCUT2D eigenvalue weighted by atomic mass is 16.5. The molecule has 1 saturated carbocycles. The van der Waals surface area contributed by atoms with Crippen LogP contribution in [0.1, 0.15) is 42.4 Å². The second kappa shape index (κ2) is 7.46. The molecule has 152 valence electrons. The van der Waals surface area contributed by atoms with Crippen LogP contribution in [0.4, 0.5) is 0 Å². The fourth-order valence-electron chi connectivity index (χ4n) is 4.32. The number of benzene rings is 1. The molecule has 1 aromatic carbocycles. The number of ether oxygens (including phenoxy) is 1. The number of hydrogen-bond acceptors (Lipinski definition) is 6. The summed E-state index contributed by atoms with van der Waals surface area (Å²) in [6.45, 7) is 3.34. The van der Waals surface area contributed by atoms with Crippen molar-refractivity contribution in [2.24, 2.45) is 11.8 Å². The van der Waals surface area contributed by atoms with Gasteiger partial charge in [0.05, 0.1) is 11.8 Å². The molecule has 0 spiro atoms. The normalized spacial score (nSPS) is 21.5. The molecule has 0 bridgehead atoms. The van der Waals surface area contributed by atoms with Crippen LogP contribution in [-0.2, 0) is 25.7 Å². The predicted molar refractivity (Wildman–Crippen MR) is 104 cm³/mol. The summed E-state index contributed by atoms with van der Waals surface area (Å²) < 4.78 is 10.5. The number of fused-ring (bicyclic) bond motifs is 2. The maximum Gasteiger partial charge on any atom is 0.336 e. The van der Waals surface area contributed by atoms with E-state index in [1.807, 2.05) is 19.9 Å². The lowest BCUT2D eigenvalue weighted by molar-refractivity contribution is -0.153. The fourth-order valence-corrected chi connectivity index (χ4v) is 4.32. The molecule has 0 N–H and O–H groups in total. The molecular formula is C22H23NO6. The van der Waals surface area contributed by atoms with Gasteiger partial charge in [-0.1, -0.05) is 12.8 Å². The van der Waals surface area contributed by atoms with Crippen LogP contribution in [0.5, 0.6) is 0 Å². The van der Waals surface area contributed by atoms with Crippen molar-refractivity contribution in [2.45, 2.75) is 46.1 Å². The first-order valence-electron chi connectivity index (χ1n) is 9.90. The highest BCUT2D eigenvalue weighted by molar-refractivity contribution is 6.07. The molecule has 0 unspecified atom stereocenters. The number of imide groups is 1. The Morgan fingerprint density at radius 3 is 2.31 bits per heavy atom. The van der Waals surface area contributed by atoms with E-state index in [9.17, 15) is 19.2 Å². The van der Waals surface area contributed by atoms with Gasteiger partial charge < -0.3 is 9.15 Å². The fraction of sp³-hybridized carbons (Fsp3) is 0.455. The summed E-state index contributed by atoms with van der Waals surface area (Å²) in [6.07, 6.45) is 3.26. The average Bonchev–Trinajstić information content (AvgIpc) is 2.93. The van der Waals surface area contributed by atoms with Gasteiger partial charge in [-0.3, -0.25) is 19.3 Å². The molecule has 2 atom stereocenters. The van der Waals surface area contributed by atoms with Crippen molar-refractivity contribution in [3.63, 3.8) is 0 Å². The average molecular weight is 397 g/mol. The Morgan fingerprint density at radius 2 is 1.66 bits per heavy atom. The summed E-state index contributed by atoms with van der Waals surface area (Å²) in [6, 6.07) is 4.96. The number of carbonyl (C=O) groups is 3. The molecule has 1 aromatic heterocycles. The number of esters is 1. The van der Waals surface area contributed by atoms with E-state index in [2.05, 4.69) is 0 Å².